The monoisotopic (exact) mass is 269 g/mol. The van der Waals surface area contributed by atoms with Crippen LogP contribution in [0.25, 0.3) is 0 Å². The maximum Gasteiger partial charge on any atom is 0.127 e. The summed E-state index contributed by atoms with van der Waals surface area (Å²) in [4.78, 5) is 0. The van der Waals surface area contributed by atoms with Crippen molar-refractivity contribution in [2.24, 2.45) is 5.92 Å². The Hall–Kier alpha value is -0.600. The van der Waals surface area contributed by atoms with E-state index in [4.69, 9.17) is 11.6 Å². The molecule has 1 saturated carbocycles. The van der Waals surface area contributed by atoms with E-state index in [1.807, 2.05) is 0 Å². The molecule has 100 valence electrons. The van der Waals surface area contributed by atoms with Crippen LogP contribution in [-0.2, 0) is 6.54 Å². The summed E-state index contributed by atoms with van der Waals surface area (Å²) < 4.78 is 13.6. The van der Waals surface area contributed by atoms with Crippen LogP contribution in [0.5, 0.6) is 0 Å². The number of halogens is 2. The van der Waals surface area contributed by atoms with Gasteiger partial charge in [0.2, 0.25) is 0 Å². The van der Waals surface area contributed by atoms with Gasteiger partial charge in [0.25, 0.3) is 0 Å². The molecule has 0 heterocycles. The van der Waals surface area contributed by atoms with E-state index in [1.165, 1.54) is 38.2 Å². The average Bonchev–Trinajstić information content (AvgIpc) is 2.40. The molecule has 0 aromatic heterocycles. The fourth-order valence-electron chi connectivity index (χ4n) is 2.75. The first-order chi connectivity index (χ1) is 8.66. The van der Waals surface area contributed by atoms with Gasteiger partial charge in [-0.3, -0.25) is 0 Å². The van der Waals surface area contributed by atoms with Gasteiger partial charge in [0.05, 0.1) is 0 Å². The highest BCUT2D eigenvalue weighted by Gasteiger charge is 2.19. The first kappa shape index (κ1) is 13.8. The highest BCUT2D eigenvalue weighted by molar-refractivity contribution is 6.30. The molecule has 1 aromatic rings. The molecule has 1 aromatic carbocycles. The van der Waals surface area contributed by atoms with E-state index >= 15 is 0 Å². The molecule has 1 aliphatic carbocycles. The maximum atomic E-state index is 13.6. The number of hydrogen-bond acceptors (Lipinski definition) is 1. The molecule has 0 amide bonds. The Morgan fingerprint density at radius 2 is 2.06 bits per heavy atom. The number of benzene rings is 1. The van der Waals surface area contributed by atoms with Crippen molar-refractivity contribution in [2.75, 3.05) is 0 Å². The summed E-state index contributed by atoms with van der Waals surface area (Å²) in [5.41, 5.74) is 0.658. The van der Waals surface area contributed by atoms with Gasteiger partial charge in [-0.1, -0.05) is 30.9 Å². The van der Waals surface area contributed by atoms with E-state index in [-0.39, 0.29) is 5.82 Å². The molecule has 3 heteroatoms. The lowest BCUT2D eigenvalue weighted by Gasteiger charge is -2.28. The zero-order valence-electron chi connectivity index (χ0n) is 10.9. The van der Waals surface area contributed by atoms with E-state index < -0.39 is 0 Å². The Kier molecular flexibility index (Phi) is 5.02. The molecule has 0 spiro atoms. The zero-order chi connectivity index (χ0) is 13.0. The summed E-state index contributed by atoms with van der Waals surface area (Å²) in [5.74, 6) is 0.559. The molecule has 2 rings (SSSR count). The fourth-order valence-corrected chi connectivity index (χ4v) is 2.95. The van der Waals surface area contributed by atoms with Crippen molar-refractivity contribution in [3.05, 3.63) is 34.6 Å². The van der Waals surface area contributed by atoms with Crippen molar-refractivity contribution >= 4 is 11.6 Å². The minimum absolute atomic E-state index is 0.178. The molecule has 1 nitrogen and oxygen atoms in total. The van der Waals surface area contributed by atoms with Crippen LogP contribution in [0.15, 0.2) is 18.2 Å². The Balaban J connectivity index is 1.88. The Morgan fingerprint density at radius 1 is 1.33 bits per heavy atom. The van der Waals surface area contributed by atoms with E-state index in [9.17, 15) is 4.39 Å². The summed E-state index contributed by atoms with van der Waals surface area (Å²) in [6, 6.07) is 5.18. The van der Waals surface area contributed by atoms with E-state index in [2.05, 4.69) is 12.2 Å². The van der Waals surface area contributed by atoms with Crippen molar-refractivity contribution in [2.45, 2.75) is 51.6 Å². The molecule has 1 aliphatic rings. The summed E-state index contributed by atoms with van der Waals surface area (Å²) in [6.07, 6.45) is 6.63. The van der Waals surface area contributed by atoms with Gasteiger partial charge in [-0.05, 0) is 43.9 Å². The second-order valence-electron chi connectivity index (χ2n) is 5.30. The van der Waals surface area contributed by atoms with Gasteiger partial charge in [-0.25, -0.2) is 4.39 Å². The third-order valence-corrected chi connectivity index (χ3v) is 4.21. The van der Waals surface area contributed by atoms with Crippen LogP contribution < -0.4 is 5.32 Å². The van der Waals surface area contributed by atoms with Crippen molar-refractivity contribution < 1.29 is 4.39 Å². The molecule has 1 N–H and O–H groups in total. The van der Waals surface area contributed by atoms with Crippen LogP contribution in [0.3, 0.4) is 0 Å². The van der Waals surface area contributed by atoms with Crippen molar-refractivity contribution in [1.82, 2.24) is 5.32 Å². The van der Waals surface area contributed by atoms with Gasteiger partial charge in [0, 0.05) is 23.2 Å². The normalized spacial score (nSPS) is 18.8. The first-order valence-corrected chi connectivity index (χ1v) is 7.22. The van der Waals surface area contributed by atoms with Gasteiger partial charge < -0.3 is 5.32 Å². The second kappa shape index (κ2) is 6.53. The third kappa shape index (κ3) is 3.69. The molecular formula is C15H21ClFN. The molecular weight excluding hydrogens is 249 g/mol. The molecule has 1 atom stereocenters. The predicted octanol–water partition coefficient (Wildman–Crippen LogP) is 4.54. The Morgan fingerprint density at radius 3 is 2.78 bits per heavy atom. The molecule has 18 heavy (non-hydrogen) atoms. The minimum Gasteiger partial charge on any atom is -0.310 e. The van der Waals surface area contributed by atoms with Gasteiger partial charge in [0.15, 0.2) is 0 Å². The minimum atomic E-state index is -0.178. The van der Waals surface area contributed by atoms with Gasteiger partial charge in [0.1, 0.15) is 5.82 Å². The summed E-state index contributed by atoms with van der Waals surface area (Å²) in [5, 5.41) is 4.03. The zero-order valence-corrected chi connectivity index (χ0v) is 11.6. The standard InChI is InChI=1S/C15H21ClFN/c1-11(12-5-3-2-4-6-12)18-10-13-9-14(16)7-8-15(13)17/h7-9,11-12,18H,2-6,10H2,1H3/t11-/m1/s1. The molecule has 0 radical (unpaired) electrons. The molecule has 0 bridgehead atoms. The summed E-state index contributed by atoms with van der Waals surface area (Å²) >= 11 is 5.89. The lowest BCUT2D eigenvalue weighted by Crippen LogP contribution is -2.34. The fraction of sp³-hybridized carbons (Fsp3) is 0.600. The van der Waals surface area contributed by atoms with Crippen LogP contribution in [-0.4, -0.2) is 6.04 Å². The Labute approximate surface area is 114 Å². The highest BCUT2D eigenvalue weighted by atomic mass is 35.5. The number of rotatable bonds is 4. The smallest absolute Gasteiger partial charge is 0.127 e. The first-order valence-electron chi connectivity index (χ1n) is 6.84. The van der Waals surface area contributed by atoms with Crippen LogP contribution >= 0.6 is 11.6 Å². The van der Waals surface area contributed by atoms with Crippen LogP contribution in [0.2, 0.25) is 5.02 Å². The van der Waals surface area contributed by atoms with Gasteiger partial charge in [-0.15, -0.1) is 0 Å². The molecule has 0 aliphatic heterocycles. The van der Waals surface area contributed by atoms with E-state index in [1.54, 1.807) is 12.1 Å². The van der Waals surface area contributed by atoms with E-state index in [0.29, 0.717) is 23.2 Å². The number of hydrogen-bond donors (Lipinski definition) is 1. The van der Waals surface area contributed by atoms with Crippen LogP contribution in [0, 0.1) is 11.7 Å². The van der Waals surface area contributed by atoms with Crippen molar-refractivity contribution in [3.8, 4) is 0 Å². The van der Waals surface area contributed by atoms with Gasteiger partial charge >= 0.3 is 0 Å². The lowest BCUT2D eigenvalue weighted by molar-refractivity contribution is 0.280. The molecule has 0 saturated heterocycles. The lowest BCUT2D eigenvalue weighted by atomic mass is 9.84. The quantitative estimate of drug-likeness (QED) is 0.846. The number of nitrogens with one attached hydrogen (secondary N) is 1. The maximum absolute atomic E-state index is 13.6. The molecule has 0 unspecified atom stereocenters. The highest BCUT2D eigenvalue weighted by Crippen LogP contribution is 2.26. The largest absolute Gasteiger partial charge is 0.310 e. The predicted molar refractivity (Wildman–Crippen MR) is 74.3 cm³/mol. The topological polar surface area (TPSA) is 12.0 Å². The van der Waals surface area contributed by atoms with E-state index in [0.717, 1.165) is 5.92 Å². The summed E-state index contributed by atoms with van der Waals surface area (Å²) in [7, 11) is 0. The summed E-state index contributed by atoms with van der Waals surface area (Å²) in [6.45, 7) is 2.77. The van der Waals surface area contributed by atoms with Crippen LogP contribution in [0.1, 0.15) is 44.6 Å². The van der Waals surface area contributed by atoms with Crippen LogP contribution in [0.4, 0.5) is 4.39 Å². The van der Waals surface area contributed by atoms with Crippen molar-refractivity contribution in [3.63, 3.8) is 0 Å². The SMILES string of the molecule is C[C@@H](NCc1cc(Cl)ccc1F)C1CCCCC1. The second-order valence-corrected chi connectivity index (χ2v) is 5.74. The molecule has 1 fully saturated rings. The third-order valence-electron chi connectivity index (χ3n) is 3.98. The van der Waals surface area contributed by atoms with Gasteiger partial charge in [-0.2, -0.15) is 0 Å². The Bertz CT molecular complexity index is 388. The average molecular weight is 270 g/mol. The van der Waals surface area contributed by atoms with Crippen molar-refractivity contribution in [1.29, 1.82) is 0 Å².